The Morgan fingerprint density at radius 2 is 1.81 bits per heavy atom. The number of hydrogen-bond acceptors (Lipinski definition) is 2. The Balaban J connectivity index is 1.41. The van der Waals surface area contributed by atoms with E-state index in [0.717, 1.165) is 49.9 Å². The summed E-state index contributed by atoms with van der Waals surface area (Å²) >= 11 is 6.26. The van der Waals surface area contributed by atoms with Gasteiger partial charge in [-0.1, -0.05) is 36.8 Å². The maximum Gasteiger partial charge on any atom is 0.123 e. The van der Waals surface area contributed by atoms with Crippen LogP contribution in [0.5, 0.6) is 0 Å². The average molecular weight is 371 g/mol. The van der Waals surface area contributed by atoms with Crippen LogP contribution in [0.1, 0.15) is 13.3 Å². The van der Waals surface area contributed by atoms with E-state index in [1.54, 1.807) is 12.1 Å². The van der Waals surface area contributed by atoms with E-state index >= 15 is 0 Å². The molecule has 2 nitrogen and oxygen atoms in total. The zero-order valence-corrected chi connectivity index (χ0v) is 15.8. The van der Waals surface area contributed by atoms with Crippen LogP contribution in [0.3, 0.4) is 0 Å². The summed E-state index contributed by atoms with van der Waals surface area (Å²) in [6, 6.07) is 6.82. The Bertz CT molecular complexity index is 796. The Morgan fingerprint density at radius 1 is 1.08 bits per heavy atom. The molecule has 1 aromatic rings. The summed E-state index contributed by atoms with van der Waals surface area (Å²) in [7, 11) is 0. The van der Waals surface area contributed by atoms with Crippen molar-refractivity contribution in [2.75, 3.05) is 37.6 Å². The van der Waals surface area contributed by atoms with Crippen LogP contribution in [0.25, 0.3) is 0 Å². The van der Waals surface area contributed by atoms with Crippen molar-refractivity contribution in [1.29, 1.82) is 0 Å². The van der Waals surface area contributed by atoms with Gasteiger partial charge in [-0.05, 0) is 53.5 Å². The van der Waals surface area contributed by atoms with Crippen LogP contribution in [0.15, 0.2) is 70.3 Å². The normalized spacial score (nSPS) is 23.2. The third-order valence-corrected chi connectivity index (χ3v) is 5.84. The molecule has 1 saturated heterocycles. The molecule has 1 aromatic carbocycles. The summed E-state index contributed by atoms with van der Waals surface area (Å²) in [4.78, 5) is 4.87. The van der Waals surface area contributed by atoms with Gasteiger partial charge in [-0.15, -0.1) is 0 Å². The lowest BCUT2D eigenvalue weighted by Crippen LogP contribution is -2.47. The van der Waals surface area contributed by atoms with E-state index < -0.39 is 0 Å². The van der Waals surface area contributed by atoms with Crippen LogP contribution in [0.2, 0.25) is 0 Å². The maximum absolute atomic E-state index is 13.1. The Morgan fingerprint density at radius 3 is 2.50 bits per heavy atom. The van der Waals surface area contributed by atoms with E-state index in [0.29, 0.717) is 5.92 Å². The summed E-state index contributed by atoms with van der Waals surface area (Å²) in [6.45, 7) is 7.22. The molecule has 0 radical (unpaired) electrons. The lowest BCUT2D eigenvalue weighted by Gasteiger charge is -2.37. The fourth-order valence-electron chi connectivity index (χ4n) is 4.11. The highest BCUT2D eigenvalue weighted by Gasteiger charge is 2.28. The molecular weight excluding hydrogens is 347 g/mol. The highest BCUT2D eigenvalue weighted by atomic mass is 35.5. The van der Waals surface area contributed by atoms with Crippen molar-refractivity contribution in [2.45, 2.75) is 13.3 Å². The molecule has 1 fully saturated rings. The average Bonchev–Trinajstić information content (AvgIpc) is 3.00. The summed E-state index contributed by atoms with van der Waals surface area (Å²) in [5, 5.41) is 0.836. The molecule has 1 aliphatic heterocycles. The predicted octanol–water partition coefficient (Wildman–Crippen LogP) is 4.90. The minimum absolute atomic E-state index is 0.177. The Kier molecular flexibility index (Phi) is 5.01. The second-order valence-electron chi connectivity index (χ2n) is 7.15. The van der Waals surface area contributed by atoms with Crippen molar-refractivity contribution < 1.29 is 4.39 Å². The molecule has 3 aliphatic rings. The van der Waals surface area contributed by atoms with Gasteiger partial charge in [-0.25, -0.2) is 4.39 Å². The van der Waals surface area contributed by atoms with Crippen molar-refractivity contribution in [3.8, 4) is 0 Å². The van der Waals surface area contributed by atoms with Gasteiger partial charge < -0.3 is 4.90 Å². The third kappa shape index (κ3) is 3.51. The molecule has 26 heavy (non-hydrogen) atoms. The lowest BCUT2D eigenvalue weighted by atomic mass is 9.90. The largest absolute Gasteiger partial charge is 0.369 e. The van der Waals surface area contributed by atoms with E-state index in [1.165, 1.54) is 16.7 Å². The molecule has 0 saturated carbocycles. The first-order valence-corrected chi connectivity index (χ1v) is 9.73. The van der Waals surface area contributed by atoms with Gasteiger partial charge in [0.1, 0.15) is 5.82 Å². The van der Waals surface area contributed by atoms with Gasteiger partial charge >= 0.3 is 0 Å². The minimum Gasteiger partial charge on any atom is -0.369 e. The van der Waals surface area contributed by atoms with Gasteiger partial charge in [-0.3, -0.25) is 4.90 Å². The van der Waals surface area contributed by atoms with Crippen LogP contribution < -0.4 is 4.90 Å². The number of hydrogen-bond donors (Lipinski definition) is 0. The summed E-state index contributed by atoms with van der Waals surface area (Å²) < 4.78 is 13.1. The topological polar surface area (TPSA) is 6.48 Å². The molecule has 2 aliphatic carbocycles. The van der Waals surface area contributed by atoms with E-state index in [-0.39, 0.29) is 5.82 Å². The first-order valence-electron chi connectivity index (χ1n) is 9.36. The van der Waals surface area contributed by atoms with Crippen molar-refractivity contribution in [1.82, 2.24) is 4.90 Å². The maximum atomic E-state index is 13.1. The van der Waals surface area contributed by atoms with Gasteiger partial charge in [0.2, 0.25) is 0 Å². The first-order chi connectivity index (χ1) is 12.6. The van der Waals surface area contributed by atoms with Crippen molar-refractivity contribution >= 4 is 17.3 Å². The number of piperazine rings is 1. The van der Waals surface area contributed by atoms with Gasteiger partial charge in [0.25, 0.3) is 0 Å². The number of rotatable bonds is 4. The Hall–Kier alpha value is -1.84. The molecule has 0 aromatic heterocycles. The number of fused-ring (bicyclic) bond motifs is 1. The minimum atomic E-state index is -0.177. The first kappa shape index (κ1) is 17.6. The van der Waals surface area contributed by atoms with Crippen LogP contribution in [-0.2, 0) is 0 Å². The zero-order chi connectivity index (χ0) is 18.1. The lowest BCUT2D eigenvalue weighted by molar-refractivity contribution is 0.274. The molecular formula is C22H24ClFN2. The highest BCUT2D eigenvalue weighted by Crippen LogP contribution is 2.39. The molecule has 136 valence electrons. The zero-order valence-electron chi connectivity index (χ0n) is 15.1. The van der Waals surface area contributed by atoms with Gasteiger partial charge in [-0.2, -0.15) is 0 Å². The fraction of sp³-hybridized carbons (Fsp3) is 0.364. The second kappa shape index (κ2) is 7.42. The van der Waals surface area contributed by atoms with Crippen LogP contribution in [0.4, 0.5) is 10.1 Å². The van der Waals surface area contributed by atoms with Crippen molar-refractivity contribution in [3.05, 3.63) is 76.1 Å². The van der Waals surface area contributed by atoms with Crippen LogP contribution >= 0.6 is 11.6 Å². The number of halogens is 2. The van der Waals surface area contributed by atoms with Gasteiger partial charge in [0.15, 0.2) is 0 Å². The summed E-state index contributed by atoms with van der Waals surface area (Å²) in [6.07, 6.45) is 9.72. The second-order valence-corrected chi connectivity index (χ2v) is 7.59. The molecule has 0 spiro atoms. The summed E-state index contributed by atoms with van der Waals surface area (Å²) in [5.74, 6) is 0.168. The predicted molar refractivity (Wildman–Crippen MR) is 107 cm³/mol. The molecule has 4 heteroatoms. The molecule has 0 N–H and O–H groups in total. The van der Waals surface area contributed by atoms with E-state index in [2.05, 4.69) is 35.0 Å². The van der Waals surface area contributed by atoms with Crippen molar-refractivity contribution in [3.63, 3.8) is 0 Å². The molecule has 4 rings (SSSR count). The van der Waals surface area contributed by atoms with Crippen LogP contribution in [-0.4, -0.2) is 37.6 Å². The number of allylic oxidation sites excluding steroid dienone is 7. The third-order valence-electron chi connectivity index (χ3n) is 5.59. The van der Waals surface area contributed by atoms with Crippen molar-refractivity contribution in [2.24, 2.45) is 5.92 Å². The number of anilines is 1. The van der Waals surface area contributed by atoms with E-state index in [4.69, 9.17) is 11.6 Å². The Labute approximate surface area is 159 Å². The summed E-state index contributed by atoms with van der Waals surface area (Å²) in [5.41, 5.74) is 5.43. The quantitative estimate of drug-likeness (QED) is 0.743. The van der Waals surface area contributed by atoms with E-state index in [1.807, 2.05) is 18.2 Å². The molecule has 1 heterocycles. The van der Waals surface area contributed by atoms with Gasteiger partial charge in [0.05, 0.1) is 0 Å². The molecule has 0 amide bonds. The molecule has 0 bridgehead atoms. The smallest absolute Gasteiger partial charge is 0.123 e. The van der Waals surface area contributed by atoms with Gasteiger partial charge in [0, 0.05) is 49.4 Å². The van der Waals surface area contributed by atoms with E-state index in [9.17, 15) is 4.39 Å². The number of benzene rings is 1. The van der Waals surface area contributed by atoms with Crippen LogP contribution in [0, 0.1) is 11.7 Å². The molecule has 1 atom stereocenters. The standard InChI is InChI=1S/C22H24ClFN2/c1-2-16-13-17-3-4-18(23)14-21(17)22(16)15-25-9-11-26(12-10-25)20-7-5-19(24)6-8-20/h3-8,13-14,21H,2,9-12,15H2,1H3. The SMILES string of the molecule is CCC1=C(CN2CCN(c3ccc(F)cc3)CC2)C2C=C(Cl)C=CC2=C1. The number of nitrogens with zero attached hydrogens (tertiary/aromatic N) is 2. The monoisotopic (exact) mass is 370 g/mol. The molecule has 1 unspecified atom stereocenters. The fourth-order valence-corrected chi connectivity index (χ4v) is 4.30. The highest BCUT2D eigenvalue weighted by molar-refractivity contribution is 6.31.